The maximum atomic E-state index is 4.34. The molecule has 1 rings (SSSR count). The van der Waals surface area contributed by atoms with Crippen molar-refractivity contribution in [2.24, 2.45) is 13.0 Å². The van der Waals surface area contributed by atoms with Crippen LogP contribution in [0.4, 0.5) is 0 Å². The predicted molar refractivity (Wildman–Crippen MR) is 59.1 cm³/mol. The van der Waals surface area contributed by atoms with Gasteiger partial charge in [0.05, 0.1) is 5.69 Å². The summed E-state index contributed by atoms with van der Waals surface area (Å²) in [5.74, 6) is 0.698. The Hall–Kier alpha value is -0.310. The van der Waals surface area contributed by atoms with E-state index in [0.717, 1.165) is 12.8 Å². The van der Waals surface area contributed by atoms with E-state index < -0.39 is 0 Å². The molecule has 0 aliphatic carbocycles. The lowest BCUT2D eigenvalue weighted by molar-refractivity contribution is 0.576. The fourth-order valence-electron chi connectivity index (χ4n) is 1.22. The van der Waals surface area contributed by atoms with Gasteiger partial charge in [0.1, 0.15) is 0 Å². The molecule has 13 heavy (non-hydrogen) atoms. The normalized spacial score (nSPS) is 13.6. The van der Waals surface area contributed by atoms with Gasteiger partial charge in [-0.2, -0.15) is 5.10 Å². The molecule has 0 radical (unpaired) electrons. The van der Waals surface area contributed by atoms with Crippen molar-refractivity contribution in [3.8, 4) is 0 Å². The maximum absolute atomic E-state index is 4.34. The Balaban J connectivity index is 2.35. The number of hydrogen-bond donors (Lipinski definition) is 0. The third kappa shape index (κ3) is 3.51. The Bertz CT molecular complexity index is 255. The second kappa shape index (κ2) is 4.80. The minimum atomic E-state index is 0.606. The molecular formula is C10H17BrN2. The lowest BCUT2D eigenvalue weighted by Crippen LogP contribution is -2.08. The van der Waals surface area contributed by atoms with Crippen molar-refractivity contribution in [3.63, 3.8) is 0 Å². The third-order valence-electron chi connectivity index (χ3n) is 2.17. The van der Waals surface area contributed by atoms with E-state index in [2.05, 4.69) is 40.9 Å². The van der Waals surface area contributed by atoms with Crippen LogP contribution in [0.15, 0.2) is 12.3 Å². The molecule has 74 valence electrons. The first-order chi connectivity index (χ1) is 6.09. The quantitative estimate of drug-likeness (QED) is 0.746. The highest BCUT2D eigenvalue weighted by molar-refractivity contribution is 9.09. The van der Waals surface area contributed by atoms with E-state index in [1.54, 1.807) is 0 Å². The molecule has 0 aromatic carbocycles. The molecule has 0 saturated heterocycles. The van der Waals surface area contributed by atoms with Gasteiger partial charge in [-0.1, -0.05) is 29.8 Å². The zero-order valence-corrected chi connectivity index (χ0v) is 10.1. The predicted octanol–water partition coefficient (Wildman–Crippen LogP) is 2.77. The van der Waals surface area contributed by atoms with Gasteiger partial charge in [0.15, 0.2) is 0 Å². The summed E-state index contributed by atoms with van der Waals surface area (Å²) >= 11 is 3.67. The first-order valence-corrected chi connectivity index (χ1v) is 5.63. The van der Waals surface area contributed by atoms with Crippen LogP contribution in [0.5, 0.6) is 0 Å². The van der Waals surface area contributed by atoms with Gasteiger partial charge in [-0.3, -0.25) is 4.68 Å². The molecule has 1 aromatic heterocycles. The number of nitrogens with zero attached hydrogens (tertiary/aromatic N) is 2. The topological polar surface area (TPSA) is 17.8 Å². The molecule has 1 heterocycles. The first-order valence-electron chi connectivity index (χ1n) is 4.72. The number of halogens is 1. The van der Waals surface area contributed by atoms with Crippen molar-refractivity contribution in [3.05, 3.63) is 18.0 Å². The van der Waals surface area contributed by atoms with E-state index in [-0.39, 0.29) is 0 Å². The molecule has 0 amide bonds. The van der Waals surface area contributed by atoms with Gasteiger partial charge in [0.25, 0.3) is 0 Å². The molecule has 3 heteroatoms. The minimum absolute atomic E-state index is 0.606. The zero-order valence-electron chi connectivity index (χ0n) is 8.50. The molecule has 0 spiro atoms. The highest BCUT2D eigenvalue weighted by Gasteiger charge is 2.09. The number of alkyl halides is 1. The Morgan fingerprint density at radius 2 is 2.23 bits per heavy atom. The Labute approximate surface area is 88.5 Å². The molecule has 1 atom stereocenters. The summed E-state index contributed by atoms with van der Waals surface area (Å²) in [6.07, 6.45) is 4.22. The van der Waals surface area contributed by atoms with Crippen molar-refractivity contribution in [2.45, 2.75) is 31.5 Å². The SMILES string of the molecule is CC(C)C(Br)CCc1ccn(C)n1. The van der Waals surface area contributed by atoms with Gasteiger partial charge in [-0.25, -0.2) is 0 Å². The molecular weight excluding hydrogens is 228 g/mol. The molecule has 0 fully saturated rings. The van der Waals surface area contributed by atoms with Crippen LogP contribution >= 0.6 is 15.9 Å². The zero-order chi connectivity index (χ0) is 9.84. The largest absolute Gasteiger partial charge is 0.276 e. The van der Waals surface area contributed by atoms with Crippen LogP contribution in [-0.4, -0.2) is 14.6 Å². The van der Waals surface area contributed by atoms with Crippen LogP contribution in [-0.2, 0) is 13.5 Å². The van der Waals surface area contributed by atoms with E-state index in [1.165, 1.54) is 5.69 Å². The fourth-order valence-corrected chi connectivity index (χ4v) is 1.44. The van der Waals surface area contributed by atoms with Crippen molar-refractivity contribution in [1.29, 1.82) is 0 Å². The highest BCUT2D eigenvalue weighted by Crippen LogP contribution is 2.17. The van der Waals surface area contributed by atoms with Crippen LogP contribution in [0.25, 0.3) is 0 Å². The molecule has 0 aliphatic heterocycles. The first kappa shape index (κ1) is 10.8. The van der Waals surface area contributed by atoms with Crippen molar-refractivity contribution in [2.75, 3.05) is 0 Å². The minimum Gasteiger partial charge on any atom is -0.276 e. The number of aromatic nitrogens is 2. The van der Waals surface area contributed by atoms with Crippen molar-refractivity contribution >= 4 is 15.9 Å². The Morgan fingerprint density at radius 3 is 2.69 bits per heavy atom. The lowest BCUT2D eigenvalue weighted by atomic mass is 10.1. The highest BCUT2D eigenvalue weighted by atomic mass is 79.9. The smallest absolute Gasteiger partial charge is 0.0624 e. The summed E-state index contributed by atoms with van der Waals surface area (Å²) in [6.45, 7) is 4.47. The monoisotopic (exact) mass is 244 g/mol. The van der Waals surface area contributed by atoms with E-state index in [1.807, 2.05) is 17.9 Å². The second-order valence-corrected chi connectivity index (χ2v) is 4.96. The van der Waals surface area contributed by atoms with Gasteiger partial charge in [-0.05, 0) is 24.8 Å². The van der Waals surface area contributed by atoms with Gasteiger partial charge in [0.2, 0.25) is 0 Å². The van der Waals surface area contributed by atoms with E-state index in [9.17, 15) is 0 Å². The number of rotatable bonds is 4. The van der Waals surface area contributed by atoms with E-state index in [0.29, 0.717) is 10.7 Å². The summed E-state index contributed by atoms with van der Waals surface area (Å²) in [5.41, 5.74) is 1.19. The number of aryl methyl sites for hydroxylation is 2. The summed E-state index contributed by atoms with van der Waals surface area (Å²) < 4.78 is 1.86. The van der Waals surface area contributed by atoms with Crippen LogP contribution < -0.4 is 0 Å². The third-order valence-corrected chi connectivity index (χ3v) is 3.68. The molecule has 0 aliphatic rings. The standard InChI is InChI=1S/C10H17BrN2/c1-8(2)10(11)5-4-9-6-7-13(3)12-9/h6-8,10H,4-5H2,1-3H3. The summed E-state index contributed by atoms with van der Waals surface area (Å²) in [4.78, 5) is 0.606. The van der Waals surface area contributed by atoms with Crippen molar-refractivity contribution in [1.82, 2.24) is 9.78 Å². The van der Waals surface area contributed by atoms with E-state index >= 15 is 0 Å². The summed E-state index contributed by atoms with van der Waals surface area (Å²) in [7, 11) is 1.96. The van der Waals surface area contributed by atoms with Gasteiger partial charge < -0.3 is 0 Å². The molecule has 1 unspecified atom stereocenters. The Kier molecular flexibility index (Phi) is 3.97. The second-order valence-electron chi connectivity index (χ2n) is 3.78. The molecule has 2 nitrogen and oxygen atoms in total. The lowest BCUT2D eigenvalue weighted by Gasteiger charge is -2.11. The summed E-state index contributed by atoms with van der Waals surface area (Å²) in [6, 6.07) is 2.08. The molecule has 1 aromatic rings. The van der Waals surface area contributed by atoms with Crippen molar-refractivity contribution < 1.29 is 0 Å². The maximum Gasteiger partial charge on any atom is 0.0624 e. The van der Waals surface area contributed by atoms with Crippen LogP contribution in [0.2, 0.25) is 0 Å². The fraction of sp³-hybridized carbons (Fsp3) is 0.700. The average Bonchev–Trinajstić information content (AvgIpc) is 2.47. The van der Waals surface area contributed by atoms with Crippen LogP contribution in [0.1, 0.15) is 26.0 Å². The van der Waals surface area contributed by atoms with Crippen LogP contribution in [0, 0.1) is 5.92 Å². The Morgan fingerprint density at radius 1 is 1.54 bits per heavy atom. The summed E-state index contributed by atoms with van der Waals surface area (Å²) in [5, 5.41) is 4.34. The molecule has 0 N–H and O–H groups in total. The van der Waals surface area contributed by atoms with E-state index in [4.69, 9.17) is 0 Å². The average molecular weight is 245 g/mol. The van der Waals surface area contributed by atoms with Gasteiger partial charge in [-0.15, -0.1) is 0 Å². The van der Waals surface area contributed by atoms with Gasteiger partial charge >= 0.3 is 0 Å². The van der Waals surface area contributed by atoms with Gasteiger partial charge in [0, 0.05) is 18.1 Å². The molecule has 0 saturated carbocycles. The van der Waals surface area contributed by atoms with Crippen LogP contribution in [0.3, 0.4) is 0 Å². The molecule has 0 bridgehead atoms. The number of hydrogen-bond acceptors (Lipinski definition) is 1.